The number of hydrogen-bond acceptors (Lipinski definition) is 6. The van der Waals surface area contributed by atoms with Crippen LogP contribution in [0.2, 0.25) is 0 Å². The molecule has 180 valence electrons. The van der Waals surface area contributed by atoms with Crippen molar-refractivity contribution in [1.82, 2.24) is 0 Å². The van der Waals surface area contributed by atoms with Gasteiger partial charge >= 0.3 is 7.82 Å². The van der Waals surface area contributed by atoms with Crippen molar-refractivity contribution in [3.05, 3.63) is 78.4 Å². The smallest absolute Gasteiger partial charge is 0.469 e. The lowest BCUT2D eigenvalue weighted by Gasteiger charge is -2.23. The Morgan fingerprint density at radius 3 is 2.29 bits per heavy atom. The van der Waals surface area contributed by atoms with Gasteiger partial charge in [-0.2, -0.15) is 0 Å². The molecule has 0 unspecified atom stereocenters. The second kappa shape index (κ2) is 10.8. The molecule has 1 atom stereocenters. The summed E-state index contributed by atoms with van der Waals surface area (Å²) in [5.74, 6) is -0.672. The number of phenolic OH excluding ortho intramolecular Hbond substituents is 1. The van der Waals surface area contributed by atoms with E-state index in [9.17, 15) is 14.5 Å². The minimum Gasteiger partial charge on any atom is -0.504 e. The van der Waals surface area contributed by atoms with Crippen LogP contribution in [0.25, 0.3) is 11.1 Å². The molecule has 3 rings (SSSR count). The van der Waals surface area contributed by atoms with Crippen molar-refractivity contribution in [2.75, 3.05) is 18.5 Å². The average molecular weight is 486 g/mol. The van der Waals surface area contributed by atoms with E-state index < -0.39 is 25.9 Å². The van der Waals surface area contributed by atoms with Crippen LogP contribution >= 0.6 is 7.82 Å². The third-order valence-corrected chi connectivity index (χ3v) is 5.44. The number of nitrogens with one attached hydrogen (secondary N) is 1. The summed E-state index contributed by atoms with van der Waals surface area (Å²) in [6, 6.07) is 22.6. The zero-order chi connectivity index (χ0) is 24.8. The summed E-state index contributed by atoms with van der Waals surface area (Å²) in [7, 11) is -4.77. The fourth-order valence-corrected chi connectivity index (χ4v) is 3.48. The molecular formula is C24H27N2O7P. The fourth-order valence-electron chi connectivity index (χ4n) is 3.05. The number of anilines is 1. The van der Waals surface area contributed by atoms with E-state index in [2.05, 4.69) is 34.1 Å². The summed E-state index contributed by atoms with van der Waals surface area (Å²) < 4.78 is 20.8. The van der Waals surface area contributed by atoms with Gasteiger partial charge in [-0.3, -0.25) is 9.32 Å². The predicted molar refractivity (Wildman–Crippen MR) is 128 cm³/mol. The van der Waals surface area contributed by atoms with Gasteiger partial charge in [0, 0.05) is 18.2 Å². The van der Waals surface area contributed by atoms with Crippen molar-refractivity contribution in [2.45, 2.75) is 18.9 Å². The lowest BCUT2D eigenvalue weighted by molar-refractivity contribution is -0.121. The van der Waals surface area contributed by atoms with E-state index in [1.807, 2.05) is 30.3 Å². The molecule has 3 aromatic rings. The maximum atomic E-state index is 12.3. The maximum absolute atomic E-state index is 12.3. The van der Waals surface area contributed by atoms with Crippen LogP contribution in [-0.2, 0) is 20.3 Å². The van der Waals surface area contributed by atoms with Gasteiger partial charge in [0.25, 0.3) is 0 Å². The van der Waals surface area contributed by atoms with E-state index in [4.69, 9.17) is 20.3 Å². The number of rotatable bonds is 10. The van der Waals surface area contributed by atoms with Crippen LogP contribution in [0.1, 0.15) is 12.5 Å². The predicted octanol–water partition coefficient (Wildman–Crippen LogP) is 3.45. The van der Waals surface area contributed by atoms with Crippen LogP contribution in [0.3, 0.4) is 0 Å². The Bertz CT molecular complexity index is 1160. The van der Waals surface area contributed by atoms with E-state index in [1.54, 1.807) is 0 Å². The number of phosphoric acid groups is 1. The van der Waals surface area contributed by atoms with Gasteiger partial charge in [-0.05, 0) is 35.7 Å². The van der Waals surface area contributed by atoms with Crippen LogP contribution in [-0.4, -0.2) is 39.6 Å². The molecule has 0 saturated carbocycles. The highest BCUT2D eigenvalue weighted by molar-refractivity contribution is 7.46. The quantitative estimate of drug-likeness (QED) is 0.273. The zero-order valence-corrected chi connectivity index (χ0v) is 19.4. The number of carbonyl (C=O) groups excluding carboxylic acids is 1. The normalized spacial score (nSPS) is 13.2. The number of phosphoric ester groups is 1. The highest BCUT2D eigenvalue weighted by atomic mass is 31.2. The Morgan fingerprint density at radius 2 is 1.68 bits per heavy atom. The molecule has 0 aliphatic heterocycles. The Balaban J connectivity index is 1.52. The number of carbonyl (C=O) groups is 1. The van der Waals surface area contributed by atoms with Gasteiger partial charge in [-0.15, -0.1) is 0 Å². The number of ether oxygens (including phenoxy) is 1. The number of amides is 1. The number of nitrogens with two attached hydrogens (primary N) is 1. The Hall–Kier alpha value is -3.20. The Morgan fingerprint density at radius 1 is 1.03 bits per heavy atom. The molecule has 0 fully saturated rings. The van der Waals surface area contributed by atoms with Crippen molar-refractivity contribution in [2.24, 2.45) is 5.73 Å². The Kier molecular flexibility index (Phi) is 8.09. The molecule has 0 aromatic heterocycles. The molecule has 0 bridgehead atoms. The number of hydrogen-bond donors (Lipinski definition) is 5. The SMILES string of the molecule is C[C@](N)(COP(=O)(O)O)C(=O)Nc1ccc(OCCc2ccc(-c3ccccc3)cc2)c(O)c1. The molecule has 9 nitrogen and oxygen atoms in total. The minimum atomic E-state index is -4.77. The standard InChI is InChI=1S/C24H27N2O7P/c1-24(25,16-33-34(29,30)31)23(28)26-20-11-12-22(21(27)15-20)32-14-13-17-7-9-19(10-8-17)18-5-3-2-4-6-18/h2-12,15,27H,13-14,16,25H2,1H3,(H,26,28)(H2,29,30,31)/t24-/m0/s1. The van der Waals surface area contributed by atoms with E-state index in [-0.39, 0.29) is 17.2 Å². The summed E-state index contributed by atoms with van der Waals surface area (Å²) >= 11 is 0. The van der Waals surface area contributed by atoms with Gasteiger partial charge in [0.2, 0.25) is 5.91 Å². The first kappa shape index (κ1) is 25.4. The Labute approximate surface area is 197 Å². The van der Waals surface area contributed by atoms with Crippen LogP contribution in [0.5, 0.6) is 11.5 Å². The summed E-state index contributed by atoms with van der Waals surface area (Å²) in [4.78, 5) is 29.9. The van der Waals surface area contributed by atoms with Crippen LogP contribution < -0.4 is 15.8 Å². The molecule has 0 aliphatic carbocycles. The highest BCUT2D eigenvalue weighted by Crippen LogP contribution is 2.36. The lowest BCUT2D eigenvalue weighted by Crippen LogP contribution is -2.52. The number of phenols is 1. The first-order valence-corrected chi connectivity index (χ1v) is 12.0. The summed E-state index contributed by atoms with van der Waals surface area (Å²) in [6.45, 7) is 0.912. The molecule has 0 spiro atoms. The summed E-state index contributed by atoms with van der Waals surface area (Å²) in [5, 5.41) is 12.7. The fraction of sp³-hybridized carbons (Fsp3) is 0.208. The monoisotopic (exact) mass is 486 g/mol. The van der Waals surface area contributed by atoms with Crippen molar-refractivity contribution in [1.29, 1.82) is 0 Å². The van der Waals surface area contributed by atoms with Gasteiger partial charge in [-0.25, -0.2) is 4.57 Å². The van der Waals surface area contributed by atoms with Gasteiger partial charge in [0.15, 0.2) is 11.5 Å². The van der Waals surface area contributed by atoms with Gasteiger partial charge in [-0.1, -0.05) is 54.6 Å². The van der Waals surface area contributed by atoms with E-state index in [0.717, 1.165) is 16.7 Å². The van der Waals surface area contributed by atoms with Crippen molar-refractivity contribution < 1.29 is 33.5 Å². The van der Waals surface area contributed by atoms with Gasteiger partial charge in [0.05, 0.1) is 13.2 Å². The zero-order valence-electron chi connectivity index (χ0n) is 18.5. The van der Waals surface area contributed by atoms with E-state index >= 15 is 0 Å². The third kappa shape index (κ3) is 7.41. The van der Waals surface area contributed by atoms with Crippen LogP contribution in [0, 0.1) is 0 Å². The molecule has 3 aromatic carbocycles. The molecule has 34 heavy (non-hydrogen) atoms. The minimum absolute atomic E-state index is 0.178. The third-order valence-electron chi connectivity index (χ3n) is 4.98. The molecule has 0 aliphatic rings. The summed E-state index contributed by atoms with van der Waals surface area (Å²) in [5.41, 5.74) is 7.67. The second-order valence-corrected chi connectivity index (χ2v) is 9.22. The van der Waals surface area contributed by atoms with Crippen molar-refractivity contribution >= 4 is 19.4 Å². The largest absolute Gasteiger partial charge is 0.504 e. The van der Waals surface area contributed by atoms with Gasteiger partial charge in [0.1, 0.15) is 5.54 Å². The van der Waals surface area contributed by atoms with E-state index in [0.29, 0.717) is 13.0 Å². The van der Waals surface area contributed by atoms with E-state index in [1.165, 1.54) is 25.1 Å². The molecule has 6 N–H and O–H groups in total. The molecular weight excluding hydrogens is 459 g/mol. The van der Waals surface area contributed by atoms with Crippen LogP contribution in [0.15, 0.2) is 72.8 Å². The highest BCUT2D eigenvalue weighted by Gasteiger charge is 2.32. The van der Waals surface area contributed by atoms with Crippen molar-refractivity contribution in [3.8, 4) is 22.6 Å². The molecule has 0 saturated heterocycles. The number of aromatic hydroxyl groups is 1. The van der Waals surface area contributed by atoms with Crippen LogP contribution in [0.4, 0.5) is 5.69 Å². The topological polar surface area (TPSA) is 151 Å². The number of benzene rings is 3. The molecule has 10 heteroatoms. The second-order valence-electron chi connectivity index (χ2n) is 7.98. The molecule has 1 amide bonds. The molecule has 0 heterocycles. The first-order chi connectivity index (χ1) is 16.0. The maximum Gasteiger partial charge on any atom is 0.469 e. The first-order valence-electron chi connectivity index (χ1n) is 10.4. The van der Waals surface area contributed by atoms with Gasteiger partial charge < -0.3 is 30.7 Å². The summed E-state index contributed by atoms with van der Waals surface area (Å²) in [6.07, 6.45) is 0.637. The molecule has 0 radical (unpaired) electrons. The average Bonchev–Trinajstić information content (AvgIpc) is 2.80. The lowest BCUT2D eigenvalue weighted by atomic mass is 10.0. The van der Waals surface area contributed by atoms with Crippen molar-refractivity contribution in [3.63, 3.8) is 0 Å².